The molecular formula is C14H18ClNO3. The van der Waals surface area contributed by atoms with E-state index in [9.17, 15) is 5.11 Å². The van der Waals surface area contributed by atoms with Crippen molar-refractivity contribution in [1.29, 1.82) is 0 Å². The van der Waals surface area contributed by atoms with Crippen LogP contribution in [-0.4, -0.2) is 31.0 Å². The largest absolute Gasteiger partial charge is 0.486 e. The van der Waals surface area contributed by atoms with Gasteiger partial charge in [-0.1, -0.05) is 11.6 Å². The van der Waals surface area contributed by atoms with Gasteiger partial charge in [0.15, 0.2) is 11.5 Å². The van der Waals surface area contributed by atoms with Crippen molar-refractivity contribution < 1.29 is 14.6 Å². The summed E-state index contributed by atoms with van der Waals surface area (Å²) in [6, 6.07) is 3.89. The summed E-state index contributed by atoms with van der Waals surface area (Å²) >= 11 is 6.18. The Balaban J connectivity index is 1.57. The molecule has 5 heteroatoms. The van der Waals surface area contributed by atoms with E-state index in [1.807, 2.05) is 12.1 Å². The van der Waals surface area contributed by atoms with Crippen LogP contribution in [0.15, 0.2) is 12.1 Å². The molecule has 1 aromatic rings. The summed E-state index contributed by atoms with van der Waals surface area (Å²) in [4.78, 5) is 0. The number of hydrogen-bond donors (Lipinski definition) is 2. The van der Waals surface area contributed by atoms with Crippen LogP contribution in [0.4, 0.5) is 0 Å². The number of ether oxygens (including phenoxy) is 2. The number of aliphatic hydroxyl groups excluding tert-OH is 1. The smallest absolute Gasteiger partial charge is 0.179 e. The van der Waals surface area contributed by atoms with Crippen LogP contribution in [0.2, 0.25) is 5.02 Å². The Kier molecular flexibility index (Phi) is 3.82. The summed E-state index contributed by atoms with van der Waals surface area (Å²) in [5.41, 5.74) is 1.09. The van der Waals surface area contributed by atoms with Crippen LogP contribution in [0, 0.1) is 5.92 Å². The molecule has 1 fully saturated rings. The van der Waals surface area contributed by atoms with E-state index in [1.165, 1.54) is 0 Å². The molecule has 19 heavy (non-hydrogen) atoms. The number of fused-ring (bicyclic) bond motifs is 1. The molecule has 104 valence electrons. The fourth-order valence-electron chi connectivity index (χ4n) is 2.55. The minimum Gasteiger partial charge on any atom is -0.486 e. The molecule has 0 bridgehead atoms. The molecule has 3 rings (SSSR count). The molecule has 0 saturated heterocycles. The number of benzene rings is 1. The normalized spacial score (nSPS) is 24.9. The van der Waals surface area contributed by atoms with Crippen LogP contribution >= 0.6 is 11.6 Å². The van der Waals surface area contributed by atoms with Crippen molar-refractivity contribution >= 4 is 11.6 Å². The van der Waals surface area contributed by atoms with Crippen LogP contribution in [-0.2, 0) is 6.54 Å². The Labute approximate surface area is 117 Å². The zero-order valence-electron chi connectivity index (χ0n) is 10.7. The third-order valence-electron chi connectivity index (χ3n) is 3.63. The molecule has 0 aromatic heterocycles. The highest BCUT2D eigenvalue weighted by atomic mass is 35.5. The lowest BCUT2D eigenvalue weighted by Gasteiger charge is -2.31. The van der Waals surface area contributed by atoms with E-state index in [-0.39, 0.29) is 6.10 Å². The van der Waals surface area contributed by atoms with E-state index in [0.717, 1.165) is 37.2 Å². The highest BCUT2D eigenvalue weighted by molar-refractivity contribution is 6.32. The summed E-state index contributed by atoms with van der Waals surface area (Å²) in [7, 11) is 0. The third kappa shape index (κ3) is 2.96. The maximum absolute atomic E-state index is 9.23. The molecule has 1 aromatic carbocycles. The maximum Gasteiger partial charge on any atom is 0.179 e. The van der Waals surface area contributed by atoms with Gasteiger partial charge in [0, 0.05) is 6.54 Å². The predicted molar refractivity (Wildman–Crippen MR) is 72.9 cm³/mol. The van der Waals surface area contributed by atoms with Gasteiger partial charge in [-0.3, -0.25) is 0 Å². The lowest BCUT2D eigenvalue weighted by molar-refractivity contribution is 0.0430. The van der Waals surface area contributed by atoms with E-state index in [2.05, 4.69) is 5.32 Å². The van der Waals surface area contributed by atoms with Gasteiger partial charge in [-0.15, -0.1) is 0 Å². The van der Waals surface area contributed by atoms with E-state index in [4.69, 9.17) is 21.1 Å². The first-order valence-electron chi connectivity index (χ1n) is 6.69. The molecule has 1 aliphatic carbocycles. The van der Waals surface area contributed by atoms with Crippen molar-refractivity contribution in [3.63, 3.8) is 0 Å². The van der Waals surface area contributed by atoms with Gasteiger partial charge in [-0.25, -0.2) is 0 Å². The average Bonchev–Trinajstić information content (AvgIpc) is 2.37. The fraction of sp³-hybridized carbons (Fsp3) is 0.571. The zero-order valence-corrected chi connectivity index (χ0v) is 11.4. The summed E-state index contributed by atoms with van der Waals surface area (Å²) in [6.45, 7) is 2.81. The fourth-order valence-corrected chi connectivity index (χ4v) is 2.84. The summed E-state index contributed by atoms with van der Waals surface area (Å²) in [5, 5.41) is 13.2. The molecule has 0 spiro atoms. The molecule has 4 nitrogen and oxygen atoms in total. The second kappa shape index (κ2) is 5.57. The number of hydrogen-bond acceptors (Lipinski definition) is 4. The maximum atomic E-state index is 9.23. The van der Waals surface area contributed by atoms with E-state index < -0.39 is 0 Å². The van der Waals surface area contributed by atoms with Crippen molar-refractivity contribution in [2.24, 2.45) is 5.92 Å². The average molecular weight is 284 g/mol. The molecule has 2 aliphatic rings. The number of halogens is 1. The van der Waals surface area contributed by atoms with Gasteiger partial charge in [0.2, 0.25) is 0 Å². The van der Waals surface area contributed by atoms with Gasteiger partial charge in [0.05, 0.1) is 11.1 Å². The first-order valence-corrected chi connectivity index (χ1v) is 7.07. The molecule has 0 amide bonds. The third-order valence-corrected chi connectivity index (χ3v) is 3.91. The van der Waals surface area contributed by atoms with Crippen molar-refractivity contribution in [3.8, 4) is 11.5 Å². The standard InChI is InChI=1S/C14H18ClNO3/c15-12-5-10(6-13-14(12)19-2-1-18-13)8-16-7-9-3-11(17)4-9/h5-6,9,11,16-17H,1-4,7-8H2. The lowest BCUT2D eigenvalue weighted by atomic mass is 9.82. The molecule has 1 heterocycles. The Bertz CT molecular complexity index is 460. The number of nitrogens with one attached hydrogen (secondary N) is 1. The Morgan fingerprint density at radius 2 is 2.05 bits per heavy atom. The van der Waals surface area contributed by atoms with Gasteiger partial charge in [0.1, 0.15) is 13.2 Å². The summed E-state index contributed by atoms with van der Waals surface area (Å²) < 4.78 is 11.0. The molecular weight excluding hydrogens is 266 g/mol. The second-order valence-electron chi connectivity index (χ2n) is 5.22. The van der Waals surface area contributed by atoms with Gasteiger partial charge in [0.25, 0.3) is 0 Å². The van der Waals surface area contributed by atoms with Gasteiger partial charge in [-0.05, 0) is 43.0 Å². The highest BCUT2D eigenvalue weighted by Gasteiger charge is 2.26. The van der Waals surface area contributed by atoms with Crippen molar-refractivity contribution in [2.45, 2.75) is 25.5 Å². The van der Waals surface area contributed by atoms with Crippen molar-refractivity contribution in [3.05, 3.63) is 22.7 Å². The monoisotopic (exact) mass is 283 g/mol. The Morgan fingerprint density at radius 1 is 1.26 bits per heavy atom. The molecule has 0 radical (unpaired) electrons. The minimum atomic E-state index is -0.0875. The summed E-state index contributed by atoms with van der Waals surface area (Å²) in [5.74, 6) is 1.98. The second-order valence-corrected chi connectivity index (χ2v) is 5.63. The molecule has 2 N–H and O–H groups in total. The number of aliphatic hydroxyl groups is 1. The van der Waals surface area contributed by atoms with Gasteiger partial charge in [-0.2, -0.15) is 0 Å². The quantitative estimate of drug-likeness (QED) is 0.887. The Morgan fingerprint density at radius 3 is 2.84 bits per heavy atom. The van der Waals surface area contributed by atoms with Crippen molar-refractivity contribution in [2.75, 3.05) is 19.8 Å². The van der Waals surface area contributed by atoms with Crippen LogP contribution in [0.5, 0.6) is 11.5 Å². The van der Waals surface area contributed by atoms with E-state index >= 15 is 0 Å². The molecule has 0 unspecified atom stereocenters. The van der Waals surface area contributed by atoms with Crippen LogP contribution in [0.25, 0.3) is 0 Å². The highest BCUT2D eigenvalue weighted by Crippen LogP contribution is 2.38. The van der Waals surface area contributed by atoms with E-state index in [0.29, 0.717) is 29.9 Å². The van der Waals surface area contributed by atoms with Crippen LogP contribution < -0.4 is 14.8 Å². The summed E-state index contributed by atoms with van der Waals surface area (Å²) in [6.07, 6.45) is 1.74. The minimum absolute atomic E-state index is 0.0875. The first kappa shape index (κ1) is 13.0. The van der Waals surface area contributed by atoms with E-state index in [1.54, 1.807) is 0 Å². The van der Waals surface area contributed by atoms with Crippen molar-refractivity contribution in [1.82, 2.24) is 5.32 Å². The van der Waals surface area contributed by atoms with Gasteiger partial charge < -0.3 is 19.9 Å². The van der Waals surface area contributed by atoms with Gasteiger partial charge >= 0.3 is 0 Å². The first-order chi connectivity index (χ1) is 9.22. The van der Waals surface area contributed by atoms with Crippen LogP contribution in [0.3, 0.4) is 0 Å². The van der Waals surface area contributed by atoms with Crippen LogP contribution in [0.1, 0.15) is 18.4 Å². The predicted octanol–water partition coefficient (Wildman–Crippen LogP) is 1.97. The lowest BCUT2D eigenvalue weighted by Crippen LogP contribution is -2.35. The molecule has 0 atom stereocenters. The Hall–Kier alpha value is -0.970. The topological polar surface area (TPSA) is 50.7 Å². The number of rotatable bonds is 4. The zero-order chi connectivity index (χ0) is 13.2. The SMILES string of the molecule is OC1CC(CNCc2cc(Cl)c3c(c2)OCCO3)C1. The molecule has 1 saturated carbocycles. The molecule has 1 aliphatic heterocycles.